The van der Waals surface area contributed by atoms with Crippen LogP contribution in [-0.4, -0.2) is 57.3 Å². The molecule has 1 amide bonds. The van der Waals surface area contributed by atoms with E-state index in [1.54, 1.807) is 0 Å². The topological polar surface area (TPSA) is 110 Å². The van der Waals surface area contributed by atoms with Gasteiger partial charge in [-0.1, -0.05) is 166 Å². The van der Waals surface area contributed by atoms with Crippen molar-refractivity contribution in [2.24, 2.45) is 0 Å². The number of amides is 1. The molecular weight excluding hydrogens is 598 g/mol. The minimum absolute atomic E-state index is 0.360. The Kier molecular flexibility index (Phi) is 35.7. The minimum atomic E-state index is -1.29. The van der Waals surface area contributed by atoms with Crippen molar-refractivity contribution in [1.82, 2.24) is 5.32 Å². The molecule has 0 bridgehead atoms. The number of hydrogen-bond acceptors (Lipinski definition) is 5. The Labute approximate surface area is 297 Å². The highest BCUT2D eigenvalue weighted by molar-refractivity contribution is 5.80. The Hall–Kier alpha value is -1.47. The average Bonchev–Trinajstić information content (AvgIpc) is 3.09. The van der Waals surface area contributed by atoms with Crippen LogP contribution in [0, 0.1) is 0 Å². The Morgan fingerprint density at radius 2 is 0.875 bits per heavy atom. The third-order valence-corrected chi connectivity index (χ3v) is 9.31. The first-order valence-electron chi connectivity index (χ1n) is 20.4. The Morgan fingerprint density at radius 1 is 0.500 bits per heavy atom. The second kappa shape index (κ2) is 36.8. The number of nitrogens with one attached hydrogen (secondary N) is 1. The van der Waals surface area contributed by atoms with Gasteiger partial charge in [0, 0.05) is 0 Å². The number of unbranched alkanes of at least 4 members (excludes halogenated alkanes) is 21. The van der Waals surface area contributed by atoms with Gasteiger partial charge >= 0.3 is 0 Å². The van der Waals surface area contributed by atoms with Gasteiger partial charge in [0.1, 0.15) is 12.2 Å². The van der Waals surface area contributed by atoms with Crippen LogP contribution in [0.1, 0.15) is 194 Å². The van der Waals surface area contributed by atoms with Crippen molar-refractivity contribution in [2.45, 2.75) is 218 Å². The Morgan fingerprint density at radius 3 is 1.31 bits per heavy atom. The molecular formula is C42H79NO5. The van der Waals surface area contributed by atoms with E-state index in [2.05, 4.69) is 55.6 Å². The molecule has 5 N–H and O–H groups in total. The van der Waals surface area contributed by atoms with Gasteiger partial charge < -0.3 is 25.7 Å². The second-order valence-electron chi connectivity index (χ2n) is 14.0. The fourth-order valence-electron chi connectivity index (χ4n) is 6.02. The van der Waals surface area contributed by atoms with E-state index in [9.17, 15) is 25.2 Å². The molecule has 0 rings (SSSR count). The summed E-state index contributed by atoms with van der Waals surface area (Å²) in [5.74, 6) is -0.602. The van der Waals surface area contributed by atoms with E-state index in [-0.39, 0.29) is 0 Å². The van der Waals surface area contributed by atoms with Crippen LogP contribution in [0.15, 0.2) is 36.5 Å². The summed E-state index contributed by atoms with van der Waals surface area (Å²) in [6.07, 6.45) is 41.7. The zero-order valence-electron chi connectivity index (χ0n) is 31.5. The maximum Gasteiger partial charge on any atom is 0.249 e. The molecule has 6 nitrogen and oxygen atoms in total. The molecule has 0 aliphatic rings. The summed E-state index contributed by atoms with van der Waals surface area (Å²) in [6, 6.07) is -1.01. The second-order valence-corrected chi connectivity index (χ2v) is 14.0. The lowest BCUT2D eigenvalue weighted by atomic mass is 10.00. The highest BCUT2D eigenvalue weighted by atomic mass is 16.3. The molecule has 6 heteroatoms. The summed E-state index contributed by atoms with van der Waals surface area (Å²) in [6.45, 7) is 4.00. The van der Waals surface area contributed by atoms with Crippen molar-refractivity contribution in [1.29, 1.82) is 0 Å². The predicted molar refractivity (Wildman–Crippen MR) is 205 cm³/mol. The minimum Gasteiger partial charge on any atom is -0.394 e. The molecule has 48 heavy (non-hydrogen) atoms. The molecule has 4 atom stereocenters. The van der Waals surface area contributed by atoms with Crippen LogP contribution < -0.4 is 5.32 Å². The van der Waals surface area contributed by atoms with Crippen molar-refractivity contribution >= 4 is 5.91 Å². The highest BCUT2D eigenvalue weighted by Gasteiger charge is 2.28. The van der Waals surface area contributed by atoms with Crippen LogP contribution in [0.4, 0.5) is 0 Å². The van der Waals surface area contributed by atoms with Gasteiger partial charge in [0.2, 0.25) is 5.91 Å². The Bertz CT molecular complexity index is 767. The van der Waals surface area contributed by atoms with Gasteiger partial charge in [-0.15, -0.1) is 0 Å². The number of carbonyl (C=O) groups excluding carboxylic acids is 1. The molecule has 0 aliphatic heterocycles. The van der Waals surface area contributed by atoms with E-state index >= 15 is 0 Å². The number of allylic oxidation sites excluding steroid dienone is 6. The number of carbonyl (C=O) groups is 1. The number of aliphatic hydroxyl groups excluding tert-OH is 4. The molecule has 0 saturated heterocycles. The molecule has 0 spiro atoms. The quantitative estimate of drug-likeness (QED) is 0.0335. The van der Waals surface area contributed by atoms with Crippen molar-refractivity contribution in [3.63, 3.8) is 0 Å². The van der Waals surface area contributed by atoms with Gasteiger partial charge in [-0.2, -0.15) is 0 Å². The number of rotatable bonds is 36. The molecule has 0 radical (unpaired) electrons. The number of hydrogen-bond donors (Lipinski definition) is 5. The van der Waals surface area contributed by atoms with Crippen LogP contribution >= 0.6 is 0 Å². The summed E-state index contributed by atoms with van der Waals surface area (Å²) in [7, 11) is 0. The largest absolute Gasteiger partial charge is 0.394 e. The van der Waals surface area contributed by atoms with E-state index in [1.807, 2.05) is 0 Å². The zero-order chi connectivity index (χ0) is 35.3. The summed E-state index contributed by atoms with van der Waals surface area (Å²) in [5.41, 5.74) is 0. The van der Waals surface area contributed by atoms with Crippen molar-refractivity contribution in [3.05, 3.63) is 36.5 Å². The summed E-state index contributed by atoms with van der Waals surface area (Å²) >= 11 is 0. The normalized spacial score (nSPS) is 14.7. The molecule has 0 aromatic rings. The molecule has 282 valence electrons. The summed E-state index contributed by atoms with van der Waals surface area (Å²) in [4.78, 5) is 12.4. The Balaban J connectivity index is 3.85. The standard InChI is InChI=1S/C42H79NO5/c1-3-5-7-9-11-13-15-16-17-18-19-20-21-22-23-24-26-27-29-31-33-35-39(45)41(47)38(37-44)43-42(48)40(46)36-34-32-30-28-25-14-12-10-8-6-4-2/h18-19,22-23,27,29,38-41,44-47H,3-17,20-21,24-26,28,30-37H2,1-2H3,(H,43,48)/b19-18+,23-22+,29-27+. The summed E-state index contributed by atoms with van der Waals surface area (Å²) in [5, 5.41) is 43.4. The third kappa shape index (κ3) is 30.6. The van der Waals surface area contributed by atoms with E-state index in [0.29, 0.717) is 19.3 Å². The van der Waals surface area contributed by atoms with Crippen LogP contribution in [0.3, 0.4) is 0 Å². The van der Waals surface area contributed by atoms with Crippen LogP contribution in [0.25, 0.3) is 0 Å². The molecule has 4 unspecified atom stereocenters. The smallest absolute Gasteiger partial charge is 0.249 e. The van der Waals surface area contributed by atoms with Gasteiger partial charge in [0.05, 0.1) is 18.8 Å². The van der Waals surface area contributed by atoms with Crippen LogP contribution in [-0.2, 0) is 4.79 Å². The lowest BCUT2D eigenvalue weighted by Gasteiger charge is -2.27. The van der Waals surface area contributed by atoms with Crippen LogP contribution in [0.2, 0.25) is 0 Å². The SMILES string of the molecule is CCCCCCCCCC/C=C/CC/C=C/CC/C=C/CCCC(O)C(O)C(CO)NC(=O)C(O)CCCCCCCCCCCCC. The van der Waals surface area contributed by atoms with Gasteiger partial charge in [0.15, 0.2) is 0 Å². The van der Waals surface area contributed by atoms with Gasteiger partial charge in [0.25, 0.3) is 0 Å². The summed E-state index contributed by atoms with van der Waals surface area (Å²) < 4.78 is 0. The first-order chi connectivity index (χ1) is 23.5. The van der Waals surface area contributed by atoms with E-state index in [1.165, 1.54) is 109 Å². The van der Waals surface area contributed by atoms with E-state index < -0.39 is 36.9 Å². The fraction of sp³-hybridized carbons (Fsp3) is 0.833. The fourth-order valence-corrected chi connectivity index (χ4v) is 6.02. The maximum absolute atomic E-state index is 12.4. The maximum atomic E-state index is 12.4. The molecule has 0 heterocycles. The monoisotopic (exact) mass is 678 g/mol. The third-order valence-electron chi connectivity index (χ3n) is 9.31. The molecule has 0 aliphatic carbocycles. The van der Waals surface area contributed by atoms with Gasteiger partial charge in [-0.3, -0.25) is 4.79 Å². The van der Waals surface area contributed by atoms with Crippen molar-refractivity contribution < 1.29 is 25.2 Å². The molecule has 0 aromatic heterocycles. The van der Waals surface area contributed by atoms with Crippen molar-refractivity contribution in [3.8, 4) is 0 Å². The molecule has 0 fully saturated rings. The van der Waals surface area contributed by atoms with Gasteiger partial charge in [-0.05, 0) is 64.2 Å². The average molecular weight is 678 g/mol. The van der Waals surface area contributed by atoms with E-state index in [4.69, 9.17) is 0 Å². The lowest BCUT2D eigenvalue weighted by Crippen LogP contribution is -2.53. The molecule has 0 saturated carbocycles. The lowest BCUT2D eigenvalue weighted by molar-refractivity contribution is -0.132. The predicted octanol–water partition coefficient (Wildman–Crippen LogP) is 10.2. The van der Waals surface area contributed by atoms with Crippen molar-refractivity contribution in [2.75, 3.05) is 6.61 Å². The first kappa shape index (κ1) is 46.5. The highest BCUT2D eigenvalue weighted by Crippen LogP contribution is 2.14. The molecule has 0 aromatic carbocycles. The van der Waals surface area contributed by atoms with Gasteiger partial charge in [-0.25, -0.2) is 0 Å². The number of aliphatic hydroxyl groups is 4. The zero-order valence-corrected chi connectivity index (χ0v) is 31.5. The van der Waals surface area contributed by atoms with E-state index in [0.717, 1.165) is 51.4 Å². The first-order valence-corrected chi connectivity index (χ1v) is 20.4. The van der Waals surface area contributed by atoms with Crippen LogP contribution in [0.5, 0.6) is 0 Å².